The van der Waals surface area contributed by atoms with Crippen LogP contribution in [0.3, 0.4) is 0 Å². The topological polar surface area (TPSA) is 102 Å². The number of amides is 1. The summed E-state index contributed by atoms with van der Waals surface area (Å²) in [6.07, 6.45) is -1.51. The number of benzene rings is 3. The number of carbonyl (C=O) groups is 2. The number of rotatable bonds is 5. The summed E-state index contributed by atoms with van der Waals surface area (Å²) in [4.78, 5) is 22.9. The van der Waals surface area contributed by atoms with Crippen LogP contribution in [0.5, 0.6) is 5.75 Å². The van der Waals surface area contributed by atoms with Crippen molar-refractivity contribution >= 4 is 28.2 Å². The third-order valence-electron chi connectivity index (χ3n) is 4.71. The molecule has 0 aliphatic heterocycles. The van der Waals surface area contributed by atoms with Crippen LogP contribution in [0.25, 0.3) is 10.8 Å². The molecule has 0 aliphatic carbocycles. The maximum absolute atomic E-state index is 13.0. The number of anilines is 1. The molecule has 0 aliphatic rings. The molecule has 0 radical (unpaired) electrons. The van der Waals surface area contributed by atoms with E-state index in [0.717, 1.165) is 17.5 Å². The molecule has 0 aromatic heterocycles. The number of alkyl halides is 3. The summed E-state index contributed by atoms with van der Waals surface area (Å²) in [6, 6.07) is 13.9. The van der Waals surface area contributed by atoms with Gasteiger partial charge in [-0.2, -0.15) is 18.4 Å². The van der Waals surface area contributed by atoms with Crippen LogP contribution in [0.1, 0.15) is 35.3 Å². The van der Waals surface area contributed by atoms with Gasteiger partial charge in [0.2, 0.25) is 0 Å². The molecule has 3 rings (SSSR count). The second-order valence-corrected chi connectivity index (χ2v) is 7.18. The molecule has 3 N–H and O–H groups in total. The summed E-state index contributed by atoms with van der Waals surface area (Å²) in [5.41, 5.74) is -0.888. The van der Waals surface area contributed by atoms with Crippen LogP contribution in [0.2, 0.25) is 0 Å². The first-order valence-corrected chi connectivity index (χ1v) is 10.2. The van der Waals surface area contributed by atoms with Gasteiger partial charge in [0.25, 0.3) is 5.91 Å². The molecule has 3 aromatic rings. The Bertz CT molecular complexity index is 1340. The van der Waals surface area contributed by atoms with Crippen LogP contribution in [-0.2, 0) is 11.0 Å². The van der Waals surface area contributed by atoms with E-state index in [0.29, 0.717) is 11.1 Å². The van der Waals surface area contributed by atoms with Crippen LogP contribution in [0, 0.1) is 11.3 Å². The standard InChI is InChI=1S/C19H11F3N2O2.C7H11NO/c20-19(21,22)17-9-15(5-3-13(17)10-23)24-18(26)12-2-1-11-4-6-16(25)8-14(11)7-12;1-4-7(6(3)9)8-5-2/h1-9,25H,(H,24,26);4-5,8H,2H2,1,3H3/b;7-4-. The van der Waals surface area contributed by atoms with Crippen molar-refractivity contribution in [3.05, 3.63) is 95.8 Å². The zero-order chi connectivity index (χ0) is 26.2. The third kappa shape index (κ3) is 7.20. The van der Waals surface area contributed by atoms with Crippen molar-refractivity contribution in [1.29, 1.82) is 5.26 Å². The summed E-state index contributed by atoms with van der Waals surface area (Å²) in [7, 11) is 0. The van der Waals surface area contributed by atoms with Gasteiger partial charge in [-0.05, 0) is 66.4 Å². The highest BCUT2D eigenvalue weighted by Crippen LogP contribution is 2.33. The maximum Gasteiger partial charge on any atom is 0.417 e. The second kappa shape index (κ2) is 11.5. The van der Waals surface area contributed by atoms with Gasteiger partial charge in [0.05, 0.1) is 22.9 Å². The Balaban J connectivity index is 0.000000410. The molecule has 35 heavy (non-hydrogen) atoms. The van der Waals surface area contributed by atoms with Crippen LogP contribution in [-0.4, -0.2) is 16.8 Å². The number of phenolic OH excluding ortho intramolecular Hbond substituents is 1. The summed E-state index contributed by atoms with van der Waals surface area (Å²) < 4.78 is 39.0. The molecule has 0 atom stereocenters. The monoisotopic (exact) mass is 481 g/mol. The third-order valence-corrected chi connectivity index (χ3v) is 4.71. The predicted molar refractivity (Wildman–Crippen MR) is 127 cm³/mol. The van der Waals surface area contributed by atoms with Crippen LogP contribution >= 0.6 is 0 Å². The van der Waals surface area contributed by atoms with E-state index in [9.17, 15) is 27.9 Å². The molecule has 9 heteroatoms. The fourth-order valence-corrected chi connectivity index (χ4v) is 3.03. The number of allylic oxidation sites excluding steroid dienone is 2. The van der Waals surface area contributed by atoms with Crippen molar-refractivity contribution in [1.82, 2.24) is 5.32 Å². The van der Waals surface area contributed by atoms with Crippen LogP contribution in [0.15, 0.2) is 79.1 Å². The largest absolute Gasteiger partial charge is 0.508 e. The van der Waals surface area contributed by atoms with Crippen molar-refractivity contribution in [2.24, 2.45) is 0 Å². The van der Waals surface area contributed by atoms with E-state index in [1.165, 1.54) is 49.5 Å². The number of ketones is 1. The van der Waals surface area contributed by atoms with E-state index in [1.807, 2.05) is 0 Å². The average Bonchev–Trinajstić information content (AvgIpc) is 2.81. The minimum atomic E-state index is -4.70. The number of nitrogens with zero attached hydrogens (tertiary/aromatic N) is 1. The summed E-state index contributed by atoms with van der Waals surface area (Å²) in [5.74, 6) is -0.539. The first-order valence-electron chi connectivity index (χ1n) is 10.2. The van der Waals surface area contributed by atoms with Crippen molar-refractivity contribution in [3.63, 3.8) is 0 Å². The van der Waals surface area contributed by atoms with Gasteiger partial charge in [-0.25, -0.2) is 0 Å². The maximum atomic E-state index is 13.0. The number of halogens is 3. The van der Waals surface area contributed by atoms with E-state index in [4.69, 9.17) is 5.26 Å². The molecule has 6 nitrogen and oxygen atoms in total. The normalized spacial score (nSPS) is 11.0. The molecule has 0 fully saturated rings. The number of aromatic hydroxyl groups is 1. The molecule has 0 spiro atoms. The highest BCUT2D eigenvalue weighted by molar-refractivity contribution is 6.06. The Morgan fingerprint density at radius 2 is 1.74 bits per heavy atom. The first-order chi connectivity index (χ1) is 16.5. The molecule has 1 amide bonds. The van der Waals surface area contributed by atoms with Crippen molar-refractivity contribution < 1.29 is 27.9 Å². The molecular formula is C26H22F3N3O3. The molecule has 0 saturated heterocycles. The van der Waals surface area contributed by atoms with E-state index in [1.54, 1.807) is 25.1 Å². The van der Waals surface area contributed by atoms with Gasteiger partial charge in [-0.15, -0.1) is 0 Å². The minimum Gasteiger partial charge on any atom is -0.508 e. The fourth-order valence-electron chi connectivity index (χ4n) is 3.03. The van der Waals surface area contributed by atoms with Gasteiger partial charge < -0.3 is 15.7 Å². The van der Waals surface area contributed by atoms with Crippen LogP contribution < -0.4 is 10.6 Å². The smallest absolute Gasteiger partial charge is 0.417 e. The predicted octanol–water partition coefficient (Wildman–Crippen LogP) is 5.90. The molecular weight excluding hydrogens is 459 g/mol. The quantitative estimate of drug-likeness (QED) is 0.394. The number of fused-ring (bicyclic) bond motifs is 1. The minimum absolute atomic E-state index is 0.0254. The summed E-state index contributed by atoms with van der Waals surface area (Å²) in [6.45, 7) is 6.73. The van der Waals surface area contributed by atoms with E-state index in [2.05, 4.69) is 17.2 Å². The average molecular weight is 481 g/mol. The van der Waals surface area contributed by atoms with Gasteiger partial charge in [-0.1, -0.05) is 24.8 Å². The van der Waals surface area contributed by atoms with Crippen molar-refractivity contribution in [3.8, 4) is 11.8 Å². The number of phenols is 1. The lowest BCUT2D eigenvalue weighted by Gasteiger charge is -2.12. The van der Waals surface area contributed by atoms with Crippen molar-refractivity contribution in [2.45, 2.75) is 20.0 Å². The van der Waals surface area contributed by atoms with Crippen LogP contribution in [0.4, 0.5) is 18.9 Å². The van der Waals surface area contributed by atoms with Gasteiger partial charge in [0.1, 0.15) is 5.75 Å². The van der Waals surface area contributed by atoms with Gasteiger partial charge >= 0.3 is 6.18 Å². The van der Waals surface area contributed by atoms with Gasteiger partial charge in [0, 0.05) is 18.2 Å². The number of Topliss-reactive ketones (excluding diaryl/α,β-unsaturated/α-hetero) is 1. The molecule has 3 aromatic carbocycles. The zero-order valence-electron chi connectivity index (χ0n) is 18.9. The summed E-state index contributed by atoms with van der Waals surface area (Å²) >= 11 is 0. The fraction of sp³-hybridized carbons (Fsp3) is 0.115. The first kappa shape index (κ1) is 26.7. The number of carbonyl (C=O) groups excluding carboxylic acids is 2. The Morgan fingerprint density at radius 3 is 2.29 bits per heavy atom. The van der Waals surface area contributed by atoms with E-state index < -0.39 is 23.2 Å². The Morgan fingerprint density at radius 1 is 1.06 bits per heavy atom. The highest BCUT2D eigenvalue weighted by Gasteiger charge is 2.34. The molecule has 180 valence electrons. The van der Waals surface area contributed by atoms with Gasteiger partial charge in [-0.3, -0.25) is 9.59 Å². The SMILES string of the molecule is C=CN/C(=C\C)C(C)=O.N#Cc1ccc(NC(=O)c2ccc3ccc(O)cc3c2)cc1C(F)(F)F. The highest BCUT2D eigenvalue weighted by atomic mass is 19.4. The Labute approximate surface area is 200 Å². The molecule has 0 bridgehead atoms. The summed E-state index contributed by atoms with van der Waals surface area (Å²) in [5, 5.41) is 24.8. The van der Waals surface area contributed by atoms with E-state index >= 15 is 0 Å². The molecule has 0 unspecified atom stereocenters. The second-order valence-electron chi connectivity index (χ2n) is 7.18. The van der Waals surface area contributed by atoms with Gasteiger partial charge in [0.15, 0.2) is 5.78 Å². The lowest BCUT2D eigenvalue weighted by molar-refractivity contribution is -0.137. The number of nitriles is 1. The zero-order valence-corrected chi connectivity index (χ0v) is 18.9. The molecule has 0 heterocycles. The Hall–Kier alpha value is -4.58. The number of hydrogen-bond acceptors (Lipinski definition) is 5. The van der Waals surface area contributed by atoms with E-state index in [-0.39, 0.29) is 22.8 Å². The van der Waals surface area contributed by atoms with Crippen molar-refractivity contribution in [2.75, 3.05) is 5.32 Å². The molecule has 0 saturated carbocycles. The lowest BCUT2D eigenvalue weighted by atomic mass is 10.1. The lowest BCUT2D eigenvalue weighted by Crippen LogP contribution is -2.14. The number of nitrogens with one attached hydrogen (secondary N) is 2. The number of hydrogen-bond donors (Lipinski definition) is 3. The Kier molecular flexibility index (Phi) is 8.78.